The molecule has 6 heteroatoms. The van der Waals surface area contributed by atoms with Gasteiger partial charge in [-0.3, -0.25) is 9.48 Å². The molecule has 2 atom stereocenters. The molecule has 0 aliphatic rings. The van der Waals surface area contributed by atoms with E-state index in [9.17, 15) is 4.79 Å². The van der Waals surface area contributed by atoms with Gasteiger partial charge < -0.3 is 11.1 Å². The van der Waals surface area contributed by atoms with Gasteiger partial charge in [-0.25, -0.2) is 0 Å². The summed E-state index contributed by atoms with van der Waals surface area (Å²) in [7, 11) is 1.90. The summed E-state index contributed by atoms with van der Waals surface area (Å²) < 4.78 is 1.83. The molecule has 0 radical (unpaired) electrons. The molecule has 2 aromatic rings. The highest BCUT2D eigenvalue weighted by Crippen LogP contribution is 2.19. The fourth-order valence-electron chi connectivity index (χ4n) is 2.54. The Morgan fingerprint density at radius 2 is 1.91 bits per heavy atom. The van der Waals surface area contributed by atoms with Gasteiger partial charge >= 0.3 is 0 Å². The second kappa shape index (κ2) is 8.13. The molecule has 5 nitrogen and oxygen atoms in total. The van der Waals surface area contributed by atoms with Gasteiger partial charge in [-0.05, 0) is 19.4 Å². The highest BCUT2D eigenvalue weighted by Gasteiger charge is 2.22. The first-order valence-electron chi connectivity index (χ1n) is 7.49. The van der Waals surface area contributed by atoms with Crippen molar-refractivity contribution in [3.63, 3.8) is 0 Å². The molecule has 23 heavy (non-hydrogen) atoms. The van der Waals surface area contributed by atoms with Crippen LogP contribution in [0.4, 0.5) is 0 Å². The van der Waals surface area contributed by atoms with Crippen LogP contribution in [0.5, 0.6) is 0 Å². The Kier molecular flexibility index (Phi) is 6.79. The van der Waals surface area contributed by atoms with Gasteiger partial charge in [-0.1, -0.05) is 37.3 Å². The lowest BCUT2D eigenvalue weighted by molar-refractivity contribution is -0.125. The highest BCUT2D eigenvalue weighted by molar-refractivity contribution is 5.85. The summed E-state index contributed by atoms with van der Waals surface area (Å²) in [6.07, 6.45) is 0. The van der Waals surface area contributed by atoms with Crippen molar-refractivity contribution >= 4 is 18.3 Å². The normalized spacial score (nSPS) is 13.1. The maximum absolute atomic E-state index is 12.3. The lowest BCUT2D eigenvalue weighted by Gasteiger charge is -2.20. The van der Waals surface area contributed by atoms with Crippen molar-refractivity contribution in [3.8, 4) is 0 Å². The van der Waals surface area contributed by atoms with Crippen molar-refractivity contribution in [2.24, 2.45) is 18.7 Å². The predicted molar refractivity (Wildman–Crippen MR) is 94.3 cm³/mol. The summed E-state index contributed by atoms with van der Waals surface area (Å²) in [4.78, 5) is 12.3. The van der Waals surface area contributed by atoms with Gasteiger partial charge in [0.25, 0.3) is 0 Å². The van der Waals surface area contributed by atoms with Crippen molar-refractivity contribution in [3.05, 3.63) is 52.8 Å². The van der Waals surface area contributed by atoms with E-state index in [2.05, 4.69) is 10.4 Å². The van der Waals surface area contributed by atoms with E-state index in [1.165, 1.54) is 0 Å². The molecule has 0 saturated carbocycles. The molecule has 2 rings (SSSR count). The average Bonchev–Trinajstić information content (AvgIpc) is 2.77. The molecule has 1 heterocycles. The second-order valence-corrected chi connectivity index (χ2v) is 5.72. The molecule has 0 aliphatic carbocycles. The van der Waals surface area contributed by atoms with Gasteiger partial charge in [0.1, 0.15) is 0 Å². The minimum absolute atomic E-state index is 0. The summed E-state index contributed by atoms with van der Waals surface area (Å²) in [6, 6.07) is 9.39. The number of nitrogens with one attached hydrogen (secondary N) is 1. The third kappa shape index (κ3) is 4.33. The Morgan fingerprint density at radius 1 is 1.30 bits per heavy atom. The standard InChI is InChI=1S/C17H24N4O.ClH/c1-11(16(18)14-8-6-5-7-9-14)17(22)19-10-15-12(2)20-21(4)13(15)3;/h5-9,11,16H,10,18H2,1-4H3,(H,19,22);1H. The molecule has 1 aromatic carbocycles. The minimum atomic E-state index is -0.308. The number of halogens is 1. The zero-order chi connectivity index (χ0) is 16.3. The molecule has 3 N–H and O–H groups in total. The number of amides is 1. The molecule has 0 fully saturated rings. The van der Waals surface area contributed by atoms with Crippen LogP contribution in [0.3, 0.4) is 0 Å². The third-order valence-electron chi connectivity index (χ3n) is 4.23. The molecule has 1 amide bonds. The van der Waals surface area contributed by atoms with Crippen LogP contribution < -0.4 is 11.1 Å². The molecule has 0 spiro atoms. The van der Waals surface area contributed by atoms with Crippen LogP contribution in [0.2, 0.25) is 0 Å². The highest BCUT2D eigenvalue weighted by atomic mass is 35.5. The Morgan fingerprint density at radius 3 is 2.43 bits per heavy atom. The van der Waals surface area contributed by atoms with Gasteiger partial charge in [0.15, 0.2) is 0 Å². The molecule has 126 valence electrons. The number of carbonyl (C=O) groups excluding carboxylic acids is 1. The summed E-state index contributed by atoms with van der Waals surface area (Å²) >= 11 is 0. The number of benzene rings is 1. The lowest BCUT2D eigenvalue weighted by atomic mass is 9.94. The van der Waals surface area contributed by atoms with Crippen molar-refractivity contribution in [2.75, 3.05) is 0 Å². The number of aromatic nitrogens is 2. The van der Waals surface area contributed by atoms with Crippen LogP contribution in [-0.4, -0.2) is 15.7 Å². The Hall–Kier alpha value is -1.85. The largest absolute Gasteiger partial charge is 0.352 e. The van der Waals surface area contributed by atoms with Crippen LogP contribution >= 0.6 is 12.4 Å². The topological polar surface area (TPSA) is 72.9 Å². The van der Waals surface area contributed by atoms with E-state index in [0.29, 0.717) is 6.54 Å². The maximum Gasteiger partial charge on any atom is 0.225 e. The predicted octanol–water partition coefficient (Wildman–Crippen LogP) is 2.41. The van der Waals surface area contributed by atoms with E-state index in [1.54, 1.807) is 0 Å². The van der Waals surface area contributed by atoms with Crippen LogP contribution in [-0.2, 0) is 18.4 Å². The van der Waals surface area contributed by atoms with E-state index in [-0.39, 0.29) is 30.3 Å². The van der Waals surface area contributed by atoms with Gasteiger partial charge in [-0.2, -0.15) is 5.10 Å². The number of nitrogens with zero attached hydrogens (tertiary/aromatic N) is 2. The summed E-state index contributed by atoms with van der Waals surface area (Å²) in [5.41, 5.74) is 10.2. The molecular weight excluding hydrogens is 312 g/mol. The lowest BCUT2D eigenvalue weighted by Crippen LogP contribution is -2.35. The van der Waals surface area contributed by atoms with Crippen molar-refractivity contribution in [2.45, 2.75) is 33.4 Å². The number of nitrogens with two attached hydrogens (primary N) is 1. The van der Waals surface area contributed by atoms with Crippen molar-refractivity contribution in [1.82, 2.24) is 15.1 Å². The third-order valence-corrected chi connectivity index (χ3v) is 4.23. The van der Waals surface area contributed by atoms with E-state index < -0.39 is 0 Å². The number of carbonyl (C=O) groups is 1. The fourth-order valence-corrected chi connectivity index (χ4v) is 2.54. The van der Waals surface area contributed by atoms with E-state index in [0.717, 1.165) is 22.5 Å². The maximum atomic E-state index is 12.3. The molecule has 0 aliphatic heterocycles. The molecule has 0 bridgehead atoms. The molecular formula is C17H25ClN4O. The molecule has 2 unspecified atom stereocenters. The second-order valence-electron chi connectivity index (χ2n) is 5.72. The Balaban J connectivity index is 0.00000264. The summed E-state index contributed by atoms with van der Waals surface area (Å²) in [6.45, 7) is 6.29. The van der Waals surface area contributed by atoms with Crippen LogP contribution in [0, 0.1) is 19.8 Å². The van der Waals surface area contributed by atoms with Crippen molar-refractivity contribution < 1.29 is 4.79 Å². The zero-order valence-corrected chi connectivity index (χ0v) is 14.9. The Labute approximate surface area is 143 Å². The van der Waals surface area contributed by atoms with Gasteiger partial charge in [0.2, 0.25) is 5.91 Å². The number of rotatable bonds is 5. The smallest absolute Gasteiger partial charge is 0.225 e. The Bertz CT molecular complexity index is 654. The quantitative estimate of drug-likeness (QED) is 0.880. The first-order chi connectivity index (χ1) is 10.4. The van der Waals surface area contributed by atoms with Gasteiger partial charge in [-0.15, -0.1) is 12.4 Å². The van der Waals surface area contributed by atoms with E-state index >= 15 is 0 Å². The molecule has 1 aromatic heterocycles. The minimum Gasteiger partial charge on any atom is -0.352 e. The summed E-state index contributed by atoms with van der Waals surface area (Å²) in [5.74, 6) is -0.335. The zero-order valence-electron chi connectivity index (χ0n) is 14.0. The first-order valence-corrected chi connectivity index (χ1v) is 7.49. The fraction of sp³-hybridized carbons (Fsp3) is 0.412. The molecule has 0 saturated heterocycles. The van der Waals surface area contributed by atoms with Crippen LogP contribution in [0.25, 0.3) is 0 Å². The van der Waals surface area contributed by atoms with E-state index in [1.807, 2.05) is 62.8 Å². The van der Waals surface area contributed by atoms with Gasteiger partial charge in [0.05, 0.1) is 11.6 Å². The van der Waals surface area contributed by atoms with Crippen LogP contribution in [0.15, 0.2) is 30.3 Å². The van der Waals surface area contributed by atoms with Crippen molar-refractivity contribution in [1.29, 1.82) is 0 Å². The average molecular weight is 337 g/mol. The number of aryl methyl sites for hydroxylation is 2. The van der Waals surface area contributed by atoms with Crippen LogP contribution in [0.1, 0.15) is 35.5 Å². The van der Waals surface area contributed by atoms with Gasteiger partial charge in [0, 0.05) is 30.9 Å². The van der Waals surface area contributed by atoms with E-state index in [4.69, 9.17) is 5.73 Å². The number of hydrogen-bond acceptors (Lipinski definition) is 3. The SMILES string of the molecule is Cc1nn(C)c(C)c1CNC(=O)C(C)C(N)c1ccccc1.Cl. The summed E-state index contributed by atoms with van der Waals surface area (Å²) in [5, 5.41) is 7.33. The number of hydrogen-bond donors (Lipinski definition) is 2. The first kappa shape index (κ1) is 19.2. The monoisotopic (exact) mass is 336 g/mol.